The fourth-order valence-electron chi connectivity index (χ4n) is 3.78. The smallest absolute Gasteiger partial charge is 0.332 e. The van der Waals surface area contributed by atoms with Crippen LogP contribution in [0.1, 0.15) is 39.4 Å². The summed E-state index contributed by atoms with van der Waals surface area (Å²) in [5, 5.41) is 0. The van der Waals surface area contributed by atoms with E-state index in [0.29, 0.717) is 17.7 Å². The van der Waals surface area contributed by atoms with Gasteiger partial charge >= 0.3 is 5.69 Å². The van der Waals surface area contributed by atoms with Crippen LogP contribution in [-0.2, 0) is 31.9 Å². The van der Waals surface area contributed by atoms with E-state index in [2.05, 4.69) is 25.7 Å². The SMILES string of the molecule is CCCCn1c(CN2C[C@H](C)O[C@@H](C)C2)nc2c1c(=O)n(C)c(=O)n2C. The molecule has 144 valence electrons. The van der Waals surface area contributed by atoms with E-state index in [4.69, 9.17) is 9.72 Å². The fourth-order valence-corrected chi connectivity index (χ4v) is 3.78. The van der Waals surface area contributed by atoms with Crippen molar-refractivity contribution in [3.8, 4) is 0 Å². The first-order chi connectivity index (χ1) is 12.3. The van der Waals surface area contributed by atoms with Crippen LogP contribution in [0.3, 0.4) is 0 Å². The maximum absolute atomic E-state index is 12.8. The summed E-state index contributed by atoms with van der Waals surface area (Å²) < 4.78 is 10.4. The Bertz CT molecular complexity index is 900. The van der Waals surface area contributed by atoms with Gasteiger partial charge in [-0.2, -0.15) is 0 Å². The number of fused-ring (bicyclic) bond motifs is 1. The number of nitrogens with zero attached hydrogens (tertiary/aromatic N) is 5. The van der Waals surface area contributed by atoms with Crippen LogP contribution in [0, 0.1) is 0 Å². The van der Waals surface area contributed by atoms with Crippen molar-refractivity contribution in [1.29, 1.82) is 0 Å². The van der Waals surface area contributed by atoms with E-state index in [1.807, 2.05) is 4.57 Å². The number of aromatic nitrogens is 4. The zero-order valence-corrected chi connectivity index (χ0v) is 16.4. The van der Waals surface area contributed by atoms with Crippen molar-refractivity contribution < 1.29 is 4.74 Å². The number of ether oxygens (including phenoxy) is 1. The van der Waals surface area contributed by atoms with Crippen LogP contribution in [-0.4, -0.2) is 48.9 Å². The molecule has 0 bridgehead atoms. The molecule has 0 radical (unpaired) electrons. The molecule has 0 amide bonds. The van der Waals surface area contributed by atoms with Crippen LogP contribution < -0.4 is 11.2 Å². The Morgan fingerprint density at radius 1 is 1.12 bits per heavy atom. The van der Waals surface area contributed by atoms with Crippen LogP contribution in [0.5, 0.6) is 0 Å². The molecular weight excluding hydrogens is 334 g/mol. The van der Waals surface area contributed by atoms with Gasteiger partial charge in [0, 0.05) is 33.7 Å². The largest absolute Gasteiger partial charge is 0.373 e. The van der Waals surface area contributed by atoms with E-state index in [-0.39, 0.29) is 23.5 Å². The molecule has 1 aliphatic rings. The molecule has 1 saturated heterocycles. The van der Waals surface area contributed by atoms with Crippen LogP contribution >= 0.6 is 0 Å². The number of morpholine rings is 1. The molecular formula is C18H29N5O3. The minimum atomic E-state index is -0.345. The molecule has 1 aliphatic heterocycles. The highest BCUT2D eigenvalue weighted by Gasteiger charge is 2.25. The minimum Gasteiger partial charge on any atom is -0.373 e. The average molecular weight is 363 g/mol. The zero-order valence-electron chi connectivity index (χ0n) is 16.4. The van der Waals surface area contributed by atoms with Crippen molar-refractivity contribution in [2.45, 2.75) is 58.9 Å². The normalized spacial score (nSPS) is 21.6. The second kappa shape index (κ2) is 7.36. The van der Waals surface area contributed by atoms with E-state index in [1.54, 1.807) is 7.05 Å². The van der Waals surface area contributed by atoms with Gasteiger partial charge in [0.1, 0.15) is 5.82 Å². The predicted molar refractivity (Wildman–Crippen MR) is 100 cm³/mol. The summed E-state index contributed by atoms with van der Waals surface area (Å²) in [6.07, 6.45) is 2.32. The molecule has 26 heavy (non-hydrogen) atoms. The Morgan fingerprint density at radius 2 is 1.77 bits per heavy atom. The monoisotopic (exact) mass is 363 g/mol. The van der Waals surface area contributed by atoms with Gasteiger partial charge in [0.05, 0.1) is 18.8 Å². The van der Waals surface area contributed by atoms with Crippen molar-refractivity contribution in [3.05, 3.63) is 26.7 Å². The lowest BCUT2D eigenvalue weighted by molar-refractivity contribution is -0.0712. The van der Waals surface area contributed by atoms with Gasteiger partial charge in [-0.05, 0) is 20.3 Å². The van der Waals surface area contributed by atoms with Crippen LogP contribution in [0.4, 0.5) is 0 Å². The molecule has 3 heterocycles. The zero-order chi connectivity index (χ0) is 19.0. The van der Waals surface area contributed by atoms with E-state index < -0.39 is 0 Å². The van der Waals surface area contributed by atoms with Gasteiger partial charge in [0.25, 0.3) is 5.56 Å². The Kier molecular flexibility index (Phi) is 5.34. The summed E-state index contributed by atoms with van der Waals surface area (Å²) >= 11 is 0. The Labute approximate surface area is 153 Å². The standard InChI is InChI=1S/C18H29N5O3/c1-6-7-8-23-14(11-22-9-12(2)26-13(3)10-22)19-16-15(23)17(24)21(5)18(25)20(16)4/h12-13H,6-11H2,1-5H3/t12-,13-/m0/s1. The lowest BCUT2D eigenvalue weighted by Gasteiger charge is -2.35. The summed E-state index contributed by atoms with van der Waals surface area (Å²) in [5.41, 5.74) is 0.371. The summed E-state index contributed by atoms with van der Waals surface area (Å²) in [4.78, 5) is 32.0. The lowest BCUT2D eigenvalue weighted by atomic mass is 10.2. The second-order valence-corrected chi connectivity index (χ2v) is 7.36. The Hall–Kier alpha value is -1.93. The maximum atomic E-state index is 12.8. The Balaban J connectivity index is 2.09. The second-order valence-electron chi connectivity index (χ2n) is 7.36. The first kappa shape index (κ1) is 18.8. The van der Waals surface area contributed by atoms with Crippen LogP contribution in [0.25, 0.3) is 11.2 Å². The van der Waals surface area contributed by atoms with Gasteiger partial charge in [-0.3, -0.25) is 18.8 Å². The van der Waals surface area contributed by atoms with Crippen LogP contribution in [0.15, 0.2) is 9.59 Å². The van der Waals surface area contributed by atoms with Gasteiger partial charge < -0.3 is 9.30 Å². The number of hydrogen-bond acceptors (Lipinski definition) is 5. The van der Waals surface area contributed by atoms with Crippen molar-refractivity contribution in [3.63, 3.8) is 0 Å². The minimum absolute atomic E-state index is 0.171. The summed E-state index contributed by atoms with van der Waals surface area (Å²) in [6, 6.07) is 0. The van der Waals surface area contributed by atoms with Crippen LogP contribution in [0.2, 0.25) is 0 Å². The van der Waals surface area contributed by atoms with Crippen molar-refractivity contribution in [1.82, 2.24) is 23.6 Å². The number of hydrogen-bond donors (Lipinski definition) is 0. The van der Waals surface area contributed by atoms with E-state index in [1.165, 1.54) is 11.6 Å². The molecule has 1 fully saturated rings. The van der Waals surface area contributed by atoms with Gasteiger partial charge in [-0.1, -0.05) is 13.3 Å². The van der Waals surface area contributed by atoms with Crippen molar-refractivity contribution >= 4 is 11.2 Å². The third kappa shape index (κ3) is 3.35. The molecule has 0 aromatic carbocycles. The third-order valence-electron chi connectivity index (χ3n) is 5.02. The maximum Gasteiger partial charge on any atom is 0.332 e. The van der Waals surface area contributed by atoms with Gasteiger partial charge in [0.15, 0.2) is 11.2 Å². The molecule has 0 aliphatic carbocycles. The number of rotatable bonds is 5. The van der Waals surface area contributed by atoms with E-state index >= 15 is 0 Å². The average Bonchev–Trinajstić information content (AvgIpc) is 2.93. The van der Waals surface area contributed by atoms with Crippen molar-refractivity contribution in [2.24, 2.45) is 14.1 Å². The van der Waals surface area contributed by atoms with Gasteiger partial charge in [-0.25, -0.2) is 9.78 Å². The lowest BCUT2D eigenvalue weighted by Crippen LogP contribution is -2.45. The molecule has 3 rings (SSSR count). The fraction of sp³-hybridized carbons (Fsp3) is 0.722. The summed E-state index contributed by atoms with van der Waals surface area (Å²) in [6.45, 7) is 9.30. The number of unbranched alkanes of at least 4 members (excludes halogenated alkanes) is 1. The highest BCUT2D eigenvalue weighted by Crippen LogP contribution is 2.17. The number of imidazole rings is 1. The highest BCUT2D eigenvalue weighted by molar-refractivity contribution is 5.71. The molecule has 8 heteroatoms. The number of aryl methyl sites for hydroxylation is 2. The quantitative estimate of drug-likeness (QED) is 0.787. The first-order valence-electron chi connectivity index (χ1n) is 9.36. The Morgan fingerprint density at radius 3 is 2.38 bits per heavy atom. The molecule has 0 saturated carbocycles. The molecule has 2 aromatic heterocycles. The summed E-state index contributed by atoms with van der Waals surface area (Å²) in [5.74, 6) is 0.841. The topological polar surface area (TPSA) is 74.3 Å². The molecule has 0 N–H and O–H groups in total. The summed E-state index contributed by atoms with van der Waals surface area (Å²) in [7, 11) is 3.19. The highest BCUT2D eigenvalue weighted by atomic mass is 16.5. The van der Waals surface area contributed by atoms with Gasteiger partial charge in [-0.15, -0.1) is 0 Å². The molecule has 8 nitrogen and oxygen atoms in total. The first-order valence-corrected chi connectivity index (χ1v) is 9.36. The molecule has 0 unspecified atom stereocenters. The van der Waals surface area contributed by atoms with Gasteiger partial charge in [0.2, 0.25) is 0 Å². The molecule has 2 aromatic rings. The third-order valence-corrected chi connectivity index (χ3v) is 5.02. The molecule has 0 spiro atoms. The van der Waals surface area contributed by atoms with E-state index in [9.17, 15) is 9.59 Å². The molecule has 2 atom stereocenters. The predicted octanol–water partition coefficient (Wildman–Crippen LogP) is 0.843. The van der Waals surface area contributed by atoms with Crippen molar-refractivity contribution in [2.75, 3.05) is 13.1 Å². The van der Waals surface area contributed by atoms with E-state index in [0.717, 1.165) is 42.9 Å².